The van der Waals surface area contributed by atoms with E-state index < -0.39 is 15.9 Å². The Morgan fingerprint density at radius 2 is 1.92 bits per heavy atom. The molecule has 0 fully saturated rings. The SMILES string of the molecule is O=C(NC1C=CS(=O)(=O)C1)c1ccc2nc(-c3ccc(F)cc3)cn2c1. The number of nitrogens with zero attached hydrogens (tertiary/aromatic N) is 2. The largest absolute Gasteiger partial charge is 0.345 e. The van der Waals surface area contributed by atoms with Crippen LogP contribution in [0.15, 0.2) is 60.3 Å². The molecule has 1 atom stereocenters. The van der Waals surface area contributed by atoms with Gasteiger partial charge in [0.25, 0.3) is 5.91 Å². The van der Waals surface area contributed by atoms with Gasteiger partial charge in [0.15, 0.2) is 9.84 Å². The molecule has 3 aromatic rings. The second-order valence-corrected chi connectivity index (χ2v) is 7.99. The minimum absolute atomic E-state index is 0.124. The molecule has 1 amide bonds. The van der Waals surface area contributed by atoms with Crippen LogP contribution in [0.25, 0.3) is 16.9 Å². The Kier molecular flexibility index (Phi) is 3.84. The Morgan fingerprint density at radius 1 is 1.15 bits per heavy atom. The number of carbonyl (C=O) groups excluding carboxylic acids is 1. The summed E-state index contributed by atoms with van der Waals surface area (Å²) in [5, 5.41) is 3.80. The fraction of sp³-hybridized carbons (Fsp3) is 0.111. The van der Waals surface area contributed by atoms with Crippen molar-refractivity contribution in [1.29, 1.82) is 0 Å². The number of hydrogen-bond acceptors (Lipinski definition) is 4. The molecule has 0 saturated heterocycles. The average Bonchev–Trinajstić information content (AvgIpc) is 3.17. The molecule has 0 radical (unpaired) electrons. The zero-order chi connectivity index (χ0) is 18.3. The van der Waals surface area contributed by atoms with E-state index in [1.165, 1.54) is 18.2 Å². The highest BCUT2D eigenvalue weighted by atomic mass is 32.2. The first-order valence-corrected chi connectivity index (χ1v) is 9.58. The predicted molar refractivity (Wildman–Crippen MR) is 94.8 cm³/mol. The van der Waals surface area contributed by atoms with E-state index >= 15 is 0 Å². The third kappa shape index (κ3) is 3.23. The lowest BCUT2D eigenvalue weighted by Gasteiger charge is -2.10. The highest BCUT2D eigenvalue weighted by Crippen LogP contribution is 2.20. The van der Waals surface area contributed by atoms with Gasteiger partial charge in [0.1, 0.15) is 11.5 Å². The Hall–Kier alpha value is -3.00. The highest BCUT2D eigenvalue weighted by molar-refractivity contribution is 7.94. The van der Waals surface area contributed by atoms with Gasteiger partial charge < -0.3 is 9.72 Å². The molecule has 8 heteroatoms. The molecular formula is C18H14FN3O3S. The van der Waals surface area contributed by atoms with Gasteiger partial charge in [0.2, 0.25) is 0 Å². The second kappa shape index (κ2) is 6.06. The van der Waals surface area contributed by atoms with Crippen LogP contribution in [0.1, 0.15) is 10.4 Å². The number of hydrogen-bond donors (Lipinski definition) is 1. The van der Waals surface area contributed by atoms with Crippen molar-refractivity contribution in [2.24, 2.45) is 0 Å². The first-order chi connectivity index (χ1) is 12.4. The van der Waals surface area contributed by atoms with E-state index in [2.05, 4.69) is 10.3 Å². The summed E-state index contributed by atoms with van der Waals surface area (Å²) in [5.41, 5.74) is 2.46. The number of carbonyl (C=O) groups is 1. The van der Waals surface area contributed by atoms with Crippen molar-refractivity contribution in [3.8, 4) is 11.3 Å². The van der Waals surface area contributed by atoms with E-state index in [9.17, 15) is 17.6 Å². The van der Waals surface area contributed by atoms with Crippen molar-refractivity contribution in [2.75, 3.05) is 5.75 Å². The first kappa shape index (κ1) is 16.5. The predicted octanol–water partition coefficient (Wildman–Crippen LogP) is 2.18. The molecular weight excluding hydrogens is 357 g/mol. The Bertz CT molecular complexity index is 1130. The summed E-state index contributed by atoms with van der Waals surface area (Å²) in [7, 11) is -3.23. The van der Waals surface area contributed by atoms with Crippen molar-refractivity contribution < 1.29 is 17.6 Å². The molecule has 3 heterocycles. The number of fused-ring (bicyclic) bond motifs is 1. The van der Waals surface area contributed by atoms with Gasteiger partial charge in [-0.2, -0.15) is 0 Å². The van der Waals surface area contributed by atoms with Gasteiger partial charge in [-0.05, 0) is 42.5 Å². The smallest absolute Gasteiger partial charge is 0.253 e. The van der Waals surface area contributed by atoms with Gasteiger partial charge in [-0.15, -0.1) is 0 Å². The van der Waals surface area contributed by atoms with Gasteiger partial charge in [0.05, 0.1) is 23.1 Å². The third-order valence-corrected chi connectivity index (χ3v) is 5.50. The lowest BCUT2D eigenvalue weighted by molar-refractivity contribution is 0.0947. The monoisotopic (exact) mass is 371 g/mol. The number of rotatable bonds is 3. The molecule has 1 unspecified atom stereocenters. The maximum absolute atomic E-state index is 13.1. The van der Waals surface area contributed by atoms with Crippen molar-refractivity contribution >= 4 is 21.4 Å². The van der Waals surface area contributed by atoms with Crippen LogP contribution in [-0.2, 0) is 9.84 Å². The average molecular weight is 371 g/mol. The Balaban J connectivity index is 1.58. The Labute approximate surface area is 148 Å². The number of aromatic nitrogens is 2. The molecule has 4 rings (SSSR count). The van der Waals surface area contributed by atoms with E-state index in [-0.39, 0.29) is 17.5 Å². The van der Waals surface area contributed by atoms with Crippen LogP contribution >= 0.6 is 0 Å². The zero-order valence-electron chi connectivity index (χ0n) is 13.5. The van der Waals surface area contributed by atoms with E-state index in [4.69, 9.17) is 0 Å². The summed E-state index contributed by atoms with van der Waals surface area (Å²) in [6, 6.07) is 8.79. The van der Waals surface area contributed by atoms with Crippen LogP contribution in [0.3, 0.4) is 0 Å². The molecule has 6 nitrogen and oxygen atoms in total. The number of amides is 1. The van der Waals surface area contributed by atoms with Gasteiger partial charge in [-0.25, -0.2) is 17.8 Å². The number of imidazole rings is 1. The van der Waals surface area contributed by atoms with Crippen LogP contribution in [0.4, 0.5) is 4.39 Å². The lowest BCUT2D eigenvalue weighted by Crippen LogP contribution is -2.35. The number of halogens is 1. The van der Waals surface area contributed by atoms with Crippen LogP contribution in [-0.4, -0.2) is 35.5 Å². The molecule has 2 aromatic heterocycles. The number of benzene rings is 1. The summed E-state index contributed by atoms with van der Waals surface area (Å²) < 4.78 is 37.6. The van der Waals surface area contributed by atoms with Crippen LogP contribution < -0.4 is 5.32 Å². The van der Waals surface area contributed by atoms with Crippen molar-refractivity contribution in [1.82, 2.24) is 14.7 Å². The van der Waals surface area contributed by atoms with Crippen LogP contribution in [0.2, 0.25) is 0 Å². The maximum atomic E-state index is 13.1. The van der Waals surface area contributed by atoms with Gasteiger partial charge in [-0.3, -0.25) is 4.79 Å². The number of nitrogens with one attached hydrogen (secondary N) is 1. The topological polar surface area (TPSA) is 80.5 Å². The molecule has 0 spiro atoms. The molecule has 26 heavy (non-hydrogen) atoms. The van der Waals surface area contributed by atoms with Crippen molar-refractivity contribution in [3.05, 3.63) is 71.7 Å². The summed E-state index contributed by atoms with van der Waals surface area (Å²) in [5.74, 6) is -0.809. The quantitative estimate of drug-likeness (QED) is 0.765. The molecule has 0 aliphatic carbocycles. The van der Waals surface area contributed by atoms with Crippen LogP contribution in [0.5, 0.6) is 0 Å². The van der Waals surface area contributed by atoms with Gasteiger partial charge in [0, 0.05) is 23.4 Å². The maximum Gasteiger partial charge on any atom is 0.253 e. The molecule has 1 aliphatic rings. The fourth-order valence-electron chi connectivity index (χ4n) is 2.80. The molecule has 0 saturated carbocycles. The summed E-state index contributed by atoms with van der Waals surface area (Å²) in [6.45, 7) is 0. The second-order valence-electron chi connectivity index (χ2n) is 6.05. The molecule has 1 N–H and O–H groups in total. The summed E-state index contributed by atoms with van der Waals surface area (Å²) in [6.07, 6.45) is 4.84. The summed E-state index contributed by atoms with van der Waals surface area (Å²) in [4.78, 5) is 16.8. The molecule has 132 valence electrons. The molecule has 1 aliphatic heterocycles. The van der Waals surface area contributed by atoms with Crippen LogP contribution in [0, 0.1) is 5.82 Å². The zero-order valence-corrected chi connectivity index (χ0v) is 14.3. The standard InChI is InChI=1S/C18H14FN3O3S/c19-14-4-1-12(2-5-14)16-10-22-9-13(3-6-17(22)21-16)18(23)20-15-7-8-26(24,25)11-15/h1-10,15H,11H2,(H,20,23). The van der Waals surface area contributed by atoms with E-state index in [1.807, 2.05) is 0 Å². The van der Waals surface area contributed by atoms with Crippen molar-refractivity contribution in [2.45, 2.75) is 6.04 Å². The minimum Gasteiger partial charge on any atom is -0.345 e. The molecule has 1 aromatic carbocycles. The van der Waals surface area contributed by atoms with E-state index in [0.717, 1.165) is 11.0 Å². The fourth-order valence-corrected chi connectivity index (χ4v) is 4.04. The minimum atomic E-state index is -3.23. The van der Waals surface area contributed by atoms with Gasteiger partial charge in [-0.1, -0.05) is 0 Å². The normalized spacial score (nSPS) is 18.3. The van der Waals surface area contributed by atoms with Gasteiger partial charge >= 0.3 is 0 Å². The molecule has 0 bridgehead atoms. The number of pyridine rings is 1. The van der Waals surface area contributed by atoms with E-state index in [0.29, 0.717) is 16.9 Å². The number of sulfone groups is 1. The Morgan fingerprint density at radius 3 is 2.62 bits per heavy atom. The lowest BCUT2D eigenvalue weighted by atomic mass is 10.2. The highest BCUT2D eigenvalue weighted by Gasteiger charge is 2.23. The van der Waals surface area contributed by atoms with E-state index in [1.54, 1.807) is 41.1 Å². The summed E-state index contributed by atoms with van der Waals surface area (Å²) >= 11 is 0. The first-order valence-electron chi connectivity index (χ1n) is 7.86. The third-order valence-electron chi connectivity index (χ3n) is 4.10. The van der Waals surface area contributed by atoms with Crippen molar-refractivity contribution in [3.63, 3.8) is 0 Å².